The number of oxazole rings is 1. The SMILES string of the molecule is CC(C)(C)c1cc(C(c2nc(Cc3ccccc3)c(N3CCOCC3)o2)c2ccccc2Br)cc(C(C)(C)C)c1O. The van der Waals surface area contributed by atoms with Gasteiger partial charge in [0.05, 0.1) is 19.1 Å². The van der Waals surface area contributed by atoms with E-state index >= 15 is 0 Å². The quantitative estimate of drug-likeness (QED) is 0.236. The lowest BCUT2D eigenvalue weighted by molar-refractivity contribution is 0.120. The monoisotopic (exact) mass is 616 g/mol. The summed E-state index contributed by atoms with van der Waals surface area (Å²) in [6, 6.07) is 23.0. The topological polar surface area (TPSA) is 58.7 Å². The first-order valence-electron chi connectivity index (χ1n) is 14.4. The zero-order valence-electron chi connectivity index (χ0n) is 25.0. The Morgan fingerprint density at radius 3 is 2.05 bits per heavy atom. The molecule has 0 radical (unpaired) electrons. The van der Waals surface area contributed by atoms with Gasteiger partial charge in [0.25, 0.3) is 0 Å². The fourth-order valence-electron chi connectivity index (χ4n) is 5.53. The first kappa shape index (κ1) is 29.4. The Balaban J connectivity index is 1.74. The van der Waals surface area contributed by atoms with E-state index in [0.29, 0.717) is 31.3 Å². The number of anilines is 1. The van der Waals surface area contributed by atoms with Crippen molar-refractivity contribution in [2.75, 3.05) is 31.2 Å². The fourth-order valence-corrected chi connectivity index (χ4v) is 6.05. The molecule has 2 heterocycles. The normalized spacial score (nSPS) is 15.2. The smallest absolute Gasteiger partial charge is 0.220 e. The van der Waals surface area contributed by atoms with Crippen molar-refractivity contribution in [2.45, 2.75) is 64.7 Å². The van der Waals surface area contributed by atoms with Crippen LogP contribution in [0.1, 0.15) is 86.9 Å². The number of phenols is 1. The predicted molar refractivity (Wildman–Crippen MR) is 169 cm³/mol. The molecule has 0 aliphatic carbocycles. The maximum Gasteiger partial charge on any atom is 0.220 e. The van der Waals surface area contributed by atoms with Gasteiger partial charge in [0.2, 0.25) is 11.8 Å². The molecular formula is C35H41BrN2O3. The van der Waals surface area contributed by atoms with E-state index in [0.717, 1.165) is 51.4 Å². The Morgan fingerprint density at radius 2 is 1.46 bits per heavy atom. The lowest BCUT2D eigenvalue weighted by atomic mass is 9.76. The molecule has 1 saturated heterocycles. The number of halogens is 1. The molecule has 0 saturated carbocycles. The van der Waals surface area contributed by atoms with Gasteiger partial charge in [-0.2, -0.15) is 0 Å². The van der Waals surface area contributed by atoms with Crippen molar-refractivity contribution in [3.63, 3.8) is 0 Å². The van der Waals surface area contributed by atoms with Crippen molar-refractivity contribution in [2.24, 2.45) is 0 Å². The van der Waals surface area contributed by atoms with Crippen molar-refractivity contribution < 1.29 is 14.3 Å². The number of hydrogen-bond acceptors (Lipinski definition) is 5. The molecular weight excluding hydrogens is 576 g/mol. The number of nitrogens with zero attached hydrogens (tertiary/aromatic N) is 2. The van der Waals surface area contributed by atoms with Gasteiger partial charge in [-0.1, -0.05) is 118 Å². The molecule has 1 aromatic heterocycles. The van der Waals surface area contributed by atoms with Gasteiger partial charge in [-0.05, 0) is 44.7 Å². The van der Waals surface area contributed by atoms with E-state index in [1.165, 1.54) is 5.56 Å². The van der Waals surface area contributed by atoms with E-state index < -0.39 is 0 Å². The number of rotatable bonds is 6. The van der Waals surface area contributed by atoms with Crippen LogP contribution >= 0.6 is 15.9 Å². The van der Waals surface area contributed by atoms with Gasteiger partial charge in [0.1, 0.15) is 11.4 Å². The van der Waals surface area contributed by atoms with Crippen molar-refractivity contribution in [3.8, 4) is 5.75 Å². The molecule has 0 bridgehead atoms. The van der Waals surface area contributed by atoms with Crippen LogP contribution in [0.3, 0.4) is 0 Å². The molecule has 1 N–H and O–H groups in total. The lowest BCUT2D eigenvalue weighted by Gasteiger charge is -2.30. The van der Waals surface area contributed by atoms with Gasteiger partial charge < -0.3 is 19.2 Å². The molecule has 1 atom stereocenters. The first-order chi connectivity index (χ1) is 19.4. The third kappa shape index (κ3) is 6.39. The van der Waals surface area contributed by atoms with E-state index in [4.69, 9.17) is 14.1 Å². The number of aromatic nitrogens is 1. The Kier molecular flexibility index (Phi) is 8.36. The molecule has 216 valence electrons. The highest BCUT2D eigenvalue weighted by Crippen LogP contribution is 2.45. The molecule has 4 aromatic rings. The summed E-state index contributed by atoms with van der Waals surface area (Å²) < 4.78 is 13.5. The van der Waals surface area contributed by atoms with Crippen LogP contribution in [0.4, 0.5) is 5.88 Å². The van der Waals surface area contributed by atoms with Crippen LogP contribution < -0.4 is 4.90 Å². The number of hydrogen-bond donors (Lipinski definition) is 1. The number of aromatic hydroxyl groups is 1. The molecule has 41 heavy (non-hydrogen) atoms. The van der Waals surface area contributed by atoms with Crippen LogP contribution in [-0.2, 0) is 22.0 Å². The zero-order chi connectivity index (χ0) is 29.4. The minimum atomic E-state index is -0.280. The second kappa shape index (κ2) is 11.7. The zero-order valence-corrected chi connectivity index (χ0v) is 26.6. The van der Waals surface area contributed by atoms with Crippen LogP contribution in [-0.4, -0.2) is 36.4 Å². The highest BCUT2D eigenvalue weighted by atomic mass is 79.9. The molecule has 1 aliphatic rings. The number of morpholine rings is 1. The van der Waals surface area contributed by atoms with Gasteiger partial charge in [-0.15, -0.1) is 0 Å². The number of benzene rings is 3. The van der Waals surface area contributed by atoms with Crippen molar-refractivity contribution in [1.29, 1.82) is 0 Å². The summed E-state index contributed by atoms with van der Waals surface area (Å²) in [7, 11) is 0. The summed E-state index contributed by atoms with van der Waals surface area (Å²) in [6.07, 6.45) is 0.676. The summed E-state index contributed by atoms with van der Waals surface area (Å²) in [5.41, 5.74) is 5.55. The van der Waals surface area contributed by atoms with Crippen molar-refractivity contribution in [1.82, 2.24) is 4.98 Å². The average Bonchev–Trinajstić information content (AvgIpc) is 3.33. The predicted octanol–water partition coefficient (Wildman–Crippen LogP) is 8.35. The van der Waals surface area contributed by atoms with E-state index in [1.54, 1.807) is 0 Å². The number of phenolic OH excluding ortho intramolecular Hbond substituents is 1. The van der Waals surface area contributed by atoms with E-state index in [2.05, 4.69) is 117 Å². The fraction of sp³-hybridized carbons (Fsp3) is 0.400. The van der Waals surface area contributed by atoms with Crippen molar-refractivity contribution in [3.05, 3.63) is 111 Å². The average molecular weight is 618 g/mol. The summed E-state index contributed by atoms with van der Waals surface area (Å²) in [6.45, 7) is 15.7. The standard InChI is InChI=1S/C35H41BrN2O3/c1-34(2,3)26-21-24(22-27(31(26)39)35(4,5)6)30(25-14-10-11-15-28(25)36)32-37-29(20-23-12-8-7-9-13-23)33(41-32)38-16-18-40-19-17-38/h7-15,21-22,30,39H,16-20H2,1-6H3. The molecule has 3 aromatic carbocycles. The van der Waals surface area contributed by atoms with Gasteiger partial charge in [0, 0.05) is 24.0 Å². The van der Waals surface area contributed by atoms with Crippen LogP contribution in [0.2, 0.25) is 0 Å². The molecule has 0 spiro atoms. The van der Waals surface area contributed by atoms with E-state index in [1.807, 2.05) is 12.1 Å². The summed E-state index contributed by atoms with van der Waals surface area (Å²) in [5.74, 6) is 1.55. The van der Waals surface area contributed by atoms with E-state index in [9.17, 15) is 5.11 Å². The lowest BCUT2D eigenvalue weighted by Crippen LogP contribution is -2.36. The maximum absolute atomic E-state index is 11.5. The van der Waals surface area contributed by atoms with Crippen LogP contribution in [0.25, 0.3) is 0 Å². The molecule has 1 aliphatic heterocycles. The third-order valence-electron chi connectivity index (χ3n) is 7.75. The second-order valence-electron chi connectivity index (χ2n) is 13.0. The van der Waals surface area contributed by atoms with Gasteiger partial charge >= 0.3 is 0 Å². The summed E-state index contributed by atoms with van der Waals surface area (Å²) in [5, 5.41) is 11.5. The Labute approximate surface area is 252 Å². The van der Waals surface area contributed by atoms with Gasteiger partial charge in [-0.25, -0.2) is 4.98 Å². The van der Waals surface area contributed by atoms with Crippen molar-refractivity contribution >= 4 is 21.8 Å². The molecule has 6 heteroatoms. The molecule has 0 amide bonds. The highest BCUT2D eigenvalue weighted by molar-refractivity contribution is 9.10. The molecule has 5 nitrogen and oxygen atoms in total. The first-order valence-corrected chi connectivity index (χ1v) is 15.2. The molecule has 1 unspecified atom stereocenters. The second-order valence-corrected chi connectivity index (χ2v) is 13.8. The maximum atomic E-state index is 11.5. The Bertz CT molecular complexity index is 1460. The largest absolute Gasteiger partial charge is 0.507 e. The highest BCUT2D eigenvalue weighted by Gasteiger charge is 2.33. The van der Waals surface area contributed by atoms with Crippen LogP contribution in [0.15, 0.2) is 75.6 Å². The summed E-state index contributed by atoms with van der Waals surface area (Å²) >= 11 is 3.83. The Morgan fingerprint density at radius 1 is 0.878 bits per heavy atom. The molecule has 1 fully saturated rings. The summed E-state index contributed by atoms with van der Waals surface area (Å²) in [4.78, 5) is 7.51. The van der Waals surface area contributed by atoms with E-state index in [-0.39, 0.29) is 16.7 Å². The minimum absolute atomic E-state index is 0.257. The molecule has 5 rings (SSSR count). The Hall–Kier alpha value is -3.09. The van der Waals surface area contributed by atoms with Gasteiger partial charge in [-0.3, -0.25) is 0 Å². The van der Waals surface area contributed by atoms with Crippen LogP contribution in [0, 0.1) is 0 Å². The third-order valence-corrected chi connectivity index (χ3v) is 8.47. The minimum Gasteiger partial charge on any atom is -0.507 e. The number of ether oxygens (including phenoxy) is 1. The van der Waals surface area contributed by atoms with Gasteiger partial charge in [0.15, 0.2) is 0 Å². The van der Waals surface area contributed by atoms with Crippen LogP contribution in [0.5, 0.6) is 5.75 Å².